The zero-order chi connectivity index (χ0) is 15.9. The van der Waals surface area contributed by atoms with Gasteiger partial charge in [-0.05, 0) is 31.2 Å². The van der Waals surface area contributed by atoms with Gasteiger partial charge in [0, 0.05) is 21.9 Å². The van der Waals surface area contributed by atoms with Crippen molar-refractivity contribution in [3.8, 4) is 5.75 Å². The van der Waals surface area contributed by atoms with Crippen LogP contribution in [0.25, 0.3) is 0 Å². The Morgan fingerprint density at radius 3 is 2.43 bits per heavy atom. The fraction of sp³-hybridized carbons (Fsp3) is 0.562. The first-order valence-electron chi connectivity index (χ1n) is 7.04. The number of carbonyl (C=O) groups is 1. The number of hydrogen-bond donors (Lipinski definition) is 1. The number of rotatable bonds is 7. The summed E-state index contributed by atoms with van der Waals surface area (Å²) in [7, 11) is 1.65. The van der Waals surface area contributed by atoms with Crippen LogP contribution < -0.4 is 10.1 Å². The van der Waals surface area contributed by atoms with Crippen LogP contribution >= 0.6 is 23.5 Å². The van der Waals surface area contributed by atoms with E-state index in [2.05, 4.69) is 26.1 Å². The van der Waals surface area contributed by atoms with Crippen LogP contribution in [0.1, 0.15) is 27.7 Å². The highest BCUT2D eigenvalue weighted by Crippen LogP contribution is 2.25. The van der Waals surface area contributed by atoms with Crippen molar-refractivity contribution in [3.05, 3.63) is 24.3 Å². The normalized spacial score (nSPS) is 12.8. The van der Waals surface area contributed by atoms with Crippen LogP contribution in [0, 0.1) is 0 Å². The molecular weight excluding hydrogens is 302 g/mol. The van der Waals surface area contributed by atoms with Crippen LogP contribution in [0.2, 0.25) is 0 Å². The van der Waals surface area contributed by atoms with Crippen LogP contribution in [-0.4, -0.2) is 35.3 Å². The molecule has 0 heterocycles. The number of methoxy groups -OCH3 is 1. The molecule has 0 radical (unpaired) electrons. The molecular formula is C16H25NO2S2. The second-order valence-electron chi connectivity index (χ2n) is 5.69. The van der Waals surface area contributed by atoms with Crippen LogP contribution in [0.15, 0.2) is 29.2 Å². The molecule has 1 aromatic rings. The van der Waals surface area contributed by atoms with Gasteiger partial charge in [-0.1, -0.05) is 20.8 Å². The number of benzene rings is 1. The zero-order valence-electron chi connectivity index (χ0n) is 13.4. The van der Waals surface area contributed by atoms with Crippen molar-refractivity contribution in [2.75, 3.05) is 19.4 Å². The molecule has 0 aliphatic carbocycles. The third-order valence-corrected chi connectivity index (χ3v) is 5.06. The predicted octanol–water partition coefficient (Wildman–Crippen LogP) is 3.82. The van der Waals surface area contributed by atoms with E-state index >= 15 is 0 Å². The number of nitrogens with one attached hydrogen (secondary N) is 1. The Balaban J connectivity index is 2.33. The van der Waals surface area contributed by atoms with Crippen LogP contribution in [-0.2, 0) is 4.79 Å². The quantitative estimate of drug-likeness (QED) is 0.610. The molecule has 0 saturated heterocycles. The van der Waals surface area contributed by atoms with E-state index in [0.29, 0.717) is 6.54 Å². The molecule has 1 rings (SSSR count). The molecule has 0 aliphatic rings. The minimum Gasteiger partial charge on any atom is -0.497 e. The van der Waals surface area contributed by atoms with Crippen LogP contribution in [0.4, 0.5) is 0 Å². The fourth-order valence-electron chi connectivity index (χ4n) is 1.59. The molecule has 1 aromatic carbocycles. The molecule has 21 heavy (non-hydrogen) atoms. The summed E-state index contributed by atoms with van der Waals surface area (Å²) in [5.41, 5.74) is 0. The minimum atomic E-state index is -0.0990. The van der Waals surface area contributed by atoms with Gasteiger partial charge in [0.2, 0.25) is 5.91 Å². The molecule has 3 nitrogen and oxygen atoms in total. The Bertz CT molecular complexity index is 441. The lowest BCUT2D eigenvalue weighted by atomic mass is 10.3. The predicted molar refractivity (Wildman–Crippen MR) is 93.5 cm³/mol. The van der Waals surface area contributed by atoms with E-state index in [1.54, 1.807) is 18.9 Å². The molecule has 0 fully saturated rings. The highest BCUT2D eigenvalue weighted by atomic mass is 32.2. The molecule has 0 bridgehead atoms. The lowest BCUT2D eigenvalue weighted by molar-refractivity contribution is -0.120. The molecule has 0 saturated carbocycles. The monoisotopic (exact) mass is 327 g/mol. The minimum absolute atomic E-state index is 0.0883. The number of hydrogen-bond acceptors (Lipinski definition) is 4. The van der Waals surface area contributed by atoms with Gasteiger partial charge in [0.15, 0.2) is 0 Å². The second-order valence-corrected chi connectivity index (χ2v) is 9.02. The highest BCUT2D eigenvalue weighted by molar-refractivity contribution is 8.00. The lowest BCUT2D eigenvalue weighted by Gasteiger charge is -2.18. The van der Waals surface area contributed by atoms with Crippen molar-refractivity contribution in [1.82, 2.24) is 5.32 Å². The summed E-state index contributed by atoms with van der Waals surface area (Å²) < 4.78 is 5.37. The number of ether oxygens (including phenoxy) is 1. The standard InChI is InChI=1S/C16H25NO2S2/c1-12(15(18)17-10-11-20-16(2,3)4)21-14-8-6-13(19-5)7-9-14/h6-9,12H,10-11H2,1-5H3,(H,17,18)/t12-/m0/s1. The fourth-order valence-corrected chi connectivity index (χ4v) is 3.30. The first kappa shape index (κ1) is 18.2. The number of amides is 1. The largest absolute Gasteiger partial charge is 0.497 e. The van der Waals surface area contributed by atoms with E-state index in [4.69, 9.17) is 4.74 Å². The Morgan fingerprint density at radius 2 is 1.90 bits per heavy atom. The van der Waals surface area contributed by atoms with Crippen molar-refractivity contribution in [3.63, 3.8) is 0 Å². The first-order chi connectivity index (χ1) is 9.81. The van der Waals surface area contributed by atoms with Gasteiger partial charge < -0.3 is 10.1 Å². The summed E-state index contributed by atoms with van der Waals surface area (Å²) in [5.74, 6) is 1.86. The molecule has 1 atom stereocenters. The van der Waals surface area contributed by atoms with Crippen molar-refractivity contribution in [2.45, 2.75) is 42.6 Å². The SMILES string of the molecule is COc1ccc(S[C@@H](C)C(=O)NCCSC(C)(C)C)cc1. The van der Waals surface area contributed by atoms with E-state index in [9.17, 15) is 4.79 Å². The molecule has 0 unspecified atom stereocenters. The average Bonchev–Trinajstić information content (AvgIpc) is 2.43. The number of carbonyl (C=O) groups excluding carboxylic acids is 1. The molecule has 0 aromatic heterocycles. The maximum absolute atomic E-state index is 12.0. The maximum Gasteiger partial charge on any atom is 0.233 e. The third kappa shape index (κ3) is 7.67. The topological polar surface area (TPSA) is 38.3 Å². The van der Waals surface area contributed by atoms with Gasteiger partial charge in [0.05, 0.1) is 12.4 Å². The molecule has 1 N–H and O–H groups in total. The summed E-state index contributed by atoms with van der Waals surface area (Å²) in [5, 5.41) is 2.89. The molecule has 0 spiro atoms. The van der Waals surface area contributed by atoms with Gasteiger partial charge in [-0.3, -0.25) is 4.79 Å². The van der Waals surface area contributed by atoms with Crippen molar-refractivity contribution in [2.24, 2.45) is 0 Å². The van der Waals surface area contributed by atoms with Crippen molar-refractivity contribution in [1.29, 1.82) is 0 Å². The summed E-state index contributed by atoms with van der Waals surface area (Å²) in [4.78, 5) is 13.1. The van der Waals surface area contributed by atoms with Gasteiger partial charge in [0.1, 0.15) is 5.75 Å². The summed E-state index contributed by atoms with van der Waals surface area (Å²) >= 11 is 3.42. The third-order valence-electron chi connectivity index (χ3n) is 2.68. The van der Waals surface area contributed by atoms with Gasteiger partial charge in [-0.25, -0.2) is 0 Å². The van der Waals surface area contributed by atoms with E-state index in [1.165, 1.54) is 0 Å². The van der Waals surface area contributed by atoms with E-state index < -0.39 is 0 Å². The Morgan fingerprint density at radius 1 is 1.29 bits per heavy atom. The summed E-state index contributed by atoms with van der Waals surface area (Å²) in [6.45, 7) is 9.19. The zero-order valence-corrected chi connectivity index (χ0v) is 15.1. The van der Waals surface area contributed by atoms with Gasteiger partial charge >= 0.3 is 0 Å². The van der Waals surface area contributed by atoms with Gasteiger partial charge in [-0.2, -0.15) is 11.8 Å². The summed E-state index contributed by atoms with van der Waals surface area (Å²) in [6.07, 6.45) is 0. The van der Waals surface area contributed by atoms with E-state index in [0.717, 1.165) is 16.4 Å². The Labute approximate surface area is 136 Å². The molecule has 5 heteroatoms. The molecule has 118 valence electrons. The van der Waals surface area contributed by atoms with Crippen molar-refractivity contribution < 1.29 is 9.53 Å². The van der Waals surface area contributed by atoms with E-state index in [1.807, 2.05) is 43.0 Å². The Kier molecular flexibility index (Phi) is 7.46. The number of thioether (sulfide) groups is 2. The summed E-state index contributed by atoms with van der Waals surface area (Å²) in [6, 6.07) is 7.77. The average molecular weight is 328 g/mol. The second kappa shape index (κ2) is 8.59. The van der Waals surface area contributed by atoms with Crippen molar-refractivity contribution >= 4 is 29.4 Å². The highest BCUT2D eigenvalue weighted by Gasteiger charge is 2.15. The first-order valence-corrected chi connectivity index (χ1v) is 8.91. The van der Waals surface area contributed by atoms with Crippen LogP contribution in [0.3, 0.4) is 0 Å². The maximum atomic E-state index is 12.0. The van der Waals surface area contributed by atoms with Gasteiger partial charge in [-0.15, -0.1) is 11.8 Å². The lowest BCUT2D eigenvalue weighted by Crippen LogP contribution is -2.33. The van der Waals surface area contributed by atoms with Crippen LogP contribution in [0.5, 0.6) is 5.75 Å². The van der Waals surface area contributed by atoms with Gasteiger partial charge in [0.25, 0.3) is 0 Å². The molecule has 1 amide bonds. The smallest absolute Gasteiger partial charge is 0.233 e. The Hall–Kier alpha value is -0.810. The van der Waals surface area contributed by atoms with E-state index in [-0.39, 0.29) is 15.9 Å². The molecule has 0 aliphatic heterocycles.